The van der Waals surface area contributed by atoms with Gasteiger partial charge in [-0.2, -0.15) is 9.13 Å². The number of aromatic nitrogens is 4. The Kier molecular flexibility index (Phi) is 4.86. The van der Waals surface area contributed by atoms with Gasteiger partial charge in [-0.3, -0.25) is 0 Å². The van der Waals surface area contributed by atoms with Gasteiger partial charge in [0.15, 0.2) is 11.1 Å². The van der Waals surface area contributed by atoms with Gasteiger partial charge in [-0.1, -0.05) is 95.7 Å². The lowest BCUT2D eigenvalue weighted by Crippen LogP contribution is -2.77. The van der Waals surface area contributed by atoms with Crippen molar-refractivity contribution in [2.24, 2.45) is 0 Å². The lowest BCUT2D eigenvalue weighted by molar-refractivity contribution is -0.995. The van der Waals surface area contributed by atoms with Gasteiger partial charge < -0.3 is 4.74 Å². The zero-order valence-corrected chi connectivity index (χ0v) is 26.6. The molecule has 3 aliphatic heterocycles. The number of rotatable bonds is 3. The zero-order valence-electron chi connectivity index (χ0n) is 26.6. The lowest BCUT2D eigenvalue weighted by atomic mass is 9.84. The molecule has 1 spiro atoms. The summed E-state index contributed by atoms with van der Waals surface area (Å²) in [4.78, 5) is 0. The second-order valence-corrected chi connectivity index (χ2v) is 13.1. The van der Waals surface area contributed by atoms with Crippen molar-refractivity contribution in [3.05, 3.63) is 167 Å². The number of hydrogen-bond acceptors (Lipinski definition) is 1. The van der Waals surface area contributed by atoms with Gasteiger partial charge in [0.05, 0.1) is 17.5 Å². The fourth-order valence-corrected chi connectivity index (χ4v) is 8.90. The van der Waals surface area contributed by atoms with Gasteiger partial charge in [-0.15, -0.1) is 4.68 Å². The van der Waals surface area contributed by atoms with E-state index in [1.165, 1.54) is 66.6 Å². The molecule has 48 heavy (non-hydrogen) atoms. The van der Waals surface area contributed by atoms with Crippen LogP contribution in [0.5, 0.6) is 11.5 Å². The number of para-hydroxylation sites is 1. The highest BCUT2D eigenvalue weighted by Crippen LogP contribution is 2.56. The van der Waals surface area contributed by atoms with Crippen molar-refractivity contribution in [1.29, 1.82) is 0 Å². The highest BCUT2D eigenvalue weighted by Gasteiger charge is 2.69. The van der Waals surface area contributed by atoms with Gasteiger partial charge in [0.1, 0.15) is 28.3 Å². The topological polar surface area (TPSA) is 26.8 Å². The third-order valence-electron chi connectivity index (χ3n) is 10.7. The minimum Gasteiger partial charge on any atom is -0.456 e. The third kappa shape index (κ3) is 2.98. The second kappa shape index (κ2) is 8.99. The molecule has 3 aliphatic rings. The fourth-order valence-electron chi connectivity index (χ4n) is 8.90. The highest BCUT2D eigenvalue weighted by atomic mass is 16.5. The van der Waals surface area contributed by atoms with Crippen molar-refractivity contribution < 1.29 is 14.0 Å². The Balaban J connectivity index is 1.22. The highest BCUT2D eigenvalue weighted by molar-refractivity contribution is 6.11. The Morgan fingerprint density at radius 3 is 2.25 bits per heavy atom. The Morgan fingerprint density at radius 1 is 0.646 bits per heavy atom. The molecule has 0 bridgehead atoms. The summed E-state index contributed by atoms with van der Waals surface area (Å²) in [6.07, 6.45) is 6.60. The SMILES string of the molecule is Cc1c(-c2ccc(/C=C/c3ccccc3)cc2)c(C)[n+]2n1-c1cccc3c1C21c2c(ccc4c5ccccc5n(c24)-c2cccc[n+]21)O3. The van der Waals surface area contributed by atoms with Crippen LogP contribution in [0.1, 0.15) is 33.6 Å². The summed E-state index contributed by atoms with van der Waals surface area (Å²) in [5.41, 5.74) is 12.5. The van der Waals surface area contributed by atoms with Crippen LogP contribution >= 0.6 is 0 Å². The molecule has 5 nitrogen and oxygen atoms in total. The first-order valence-corrected chi connectivity index (χ1v) is 16.5. The number of hydrogen-bond donors (Lipinski definition) is 0. The van der Waals surface area contributed by atoms with Crippen molar-refractivity contribution in [1.82, 2.24) is 9.25 Å². The predicted molar refractivity (Wildman–Crippen MR) is 189 cm³/mol. The maximum Gasteiger partial charge on any atom is 0.397 e. The standard InChI is InChI=1S/C43H30N4O/c1-27-39(31-22-20-30(21-23-31)19-18-29-11-4-3-5-12-29)28(2)47-43-40-35(46(27)47)15-10-16-36(40)48-37-25-24-33-32-13-6-7-14-34(32)45(42(33)41(37)43)38-17-8-9-26-44(38)43/h3-26H,1-2H3/q+2/b19-18+. The van der Waals surface area contributed by atoms with Crippen molar-refractivity contribution in [2.45, 2.75) is 19.5 Å². The Morgan fingerprint density at radius 2 is 1.40 bits per heavy atom. The average Bonchev–Trinajstić information content (AvgIpc) is 3.73. The molecule has 1 atom stereocenters. The van der Waals surface area contributed by atoms with E-state index in [0.717, 1.165) is 23.0 Å². The summed E-state index contributed by atoms with van der Waals surface area (Å²) in [5.74, 6) is 2.93. The molecule has 3 aromatic heterocycles. The van der Waals surface area contributed by atoms with Gasteiger partial charge in [-0.25, -0.2) is 0 Å². The van der Waals surface area contributed by atoms with Crippen LogP contribution in [0, 0.1) is 13.8 Å². The van der Waals surface area contributed by atoms with Gasteiger partial charge in [0.2, 0.25) is 5.69 Å². The molecule has 0 fully saturated rings. The molecule has 0 radical (unpaired) electrons. The van der Waals surface area contributed by atoms with E-state index in [2.05, 4.69) is 178 Å². The van der Waals surface area contributed by atoms with Crippen LogP contribution in [-0.4, -0.2) is 9.25 Å². The first-order chi connectivity index (χ1) is 23.7. The summed E-state index contributed by atoms with van der Waals surface area (Å²) in [5, 5.41) is 2.48. The molecule has 0 N–H and O–H groups in total. The predicted octanol–water partition coefficient (Wildman–Crippen LogP) is 8.63. The van der Waals surface area contributed by atoms with E-state index in [-0.39, 0.29) is 0 Å². The molecule has 0 saturated carbocycles. The Bertz CT molecular complexity index is 2710. The average molecular weight is 619 g/mol. The van der Waals surface area contributed by atoms with E-state index < -0.39 is 5.66 Å². The maximum absolute atomic E-state index is 6.85. The quantitative estimate of drug-likeness (QED) is 0.144. The van der Waals surface area contributed by atoms with E-state index in [1.54, 1.807) is 0 Å². The molecular formula is C43H30N4O+2. The number of ether oxygens (including phenoxy) is 1. The molecule has 226 valence electrons. The minimum absolute atomic E-state index is 0.689. The van der Waals surface area contributed by atoms with Gasteiger partial charge in [0, 0.05) is 23.8 Å². The van der Waals surface area contributed by atoms with Crippen LogP contribution in [-0.2, 0) is 5.66 Å². The summed E-state index contributed by atoms with van der Waals surface area (Å²) in [6, 6.07) is 45.7. The lowest BCUT2D eigenvalue weighted by Gasteiger charge is -2.33. The van der Waals surface area contributed by atoms with Crippen molar-refractivity contribution in [3.8, 4) is 34.1 Å². The summed E-state index contributed by atoms with van der Waals surface area (Å²) in [6.45, 7) is 4.54. The first kappa shape index (κ1) is 25.9. The van der Waals surface area contributed by atoms with Crippen LogP contribution in [0.3, 0.4) is 0 Å². The van der Waals surface area contributed by atoms with Crippen LogP contribution in [0.25, 0.3) is 56.6 Å². The van der Waals surface area contributed by atoms with Gasteiger partial charge in [-0.05, 0) is 66.1 Å². The summed E-state index contributed by atoms with van der Waals surface area (Å²) in [7, 11) is 0. The monoisotopic (exact) mass is 618 g/mol. The van der Waals surface area contributed by atoms with E-state index in [4.69, 9.17) is 4.74 Å². The summed E-state index contributed by atoms with van der Waals surface area (Å²) < 4.78 is 16.7. The Hall–Kier alpha value is -6.20. The van der Waals surface area contributed by atoms with E-state index in [1.807, 2.05) is 0 Å². The number of nitrogens with zero attached hydrogens (tertiary/aromatic N) is 4. The van der Waals surface area contributed by atoms with Crippen molar-refractivity contribution >= 4 is 34.0 Å². The van der Waals surface area contributed by atoms with Crippen molar-refractivity contribution in [2.75, 3.05) is 0 Å². The van der Waals surface area contributed by atoms with E-state index >= 15 is 0 Å². The van der Waals surface area contributed by atoms with Gasteiger partial charge in [0.25, 0.3) is 5.82 Å². The third-order valence-corrected chi connectivity index (χ3v) is 10.7. The minimum atomic E-state index is -0.689. The molecule has 11 rings (SSSR count). The molecule has 0 aliphatic carbocycles. The van der Waals surface area contributed by atoms with Crippen LogP contribution < -0.4 is 14.0 Å². The van der Waals surface area contributed by atoms with Crippen LogP contribution in [0.2, 0.25) is 0 Å². The molecule has 8 aromatic rings. The molecule has 5 heteroatoms. The number of benzene rings is 5. The van der Waals surface area contributed by atoms with Crippen LogP contribution in [0.15, 0.2) is 134 Å². The molecule has 0 amide bonds. The second-order valence-electron chi connectivity index (χ2n) is 13.1. The van der Waals surface area contributed by atoms with Crippen molar-refractivity contribution in [3.63, 3.8) is 0 Å². The molecular weight excluding hydrogens is 589 g/mol. The molecule has 5 aromatic carbocycles. The number of fused-ring (bicyclic) bond motifs is 7. The van der Waals surface area contributed by atoms with Gasteiger partial charge >= 0.3 is 5.66 Å². The maximum atomic E-state index is 6.85. The van der Waals surface area contributed by atoms with Crippen LogP contribution in [0.4, 0.5) is 0 Å². The zero-order chi connectivity index (χ0) is 31.7. The van der Waals surface area contributed by atoms with E-state index in [0.29, 0.717) is 0 Å². The first-order valence-electron chi connectivity index (χ1n) is 16.5. The number of pyridine rings is 1. The summed E-state index contributed by atoms with van der Waals surface area (Å²) >= 11 is 0. The smallest absolute Gasteiger partial charge is 0.397 e. The Labute approximate surface area is 277 Å². The molecule has 6 heterocycles. The fraction of sp³-hybridized carbons (Fsp3) is 0.0698. The van der Waals surface area contributed by atoms with E-state index in [9.17, 15) is 0 Å². The molecule has 1 unspecified atom stereocenters. The largest absolute Gasteiger partial charge is 0.456 e. The molecule has 0 saturated heterocycles. The normalized spacial score (nSPS) is 16.3.